The summed E-state index contributed by atoms with van der Waals surface area (Å²) in [5.41, 5.74) is 4.51. The first-order chi connectivity index (χ1) is 11.6. The van der Waals surface area contributed by atoms with Gasteiger partial charge < -0.3 is 14.8 Å². The molecule has 0 bridgehead atoms. The molecule has 3 aromatic rings. The zero-order valence-electron chi connectivity index (χ0n) is 13.4. The van der Waals surface area contributed by atoms with Gasteiger partial charge in [-0.3, -0.25) is 0 Å². The Bertz CT molecular complexity index is 932. The Morgan fingerprint density at radius 3 is 2.83 bits per heavy atom. The molecule has 1 aromatic heterocycles. The van der Waals surface area contributed by atoms with Gasteiger partial charge in [-0.25, -0.2) is 4.79 Å². The zero-order valence-corrected chi connectivity index (χ0v) is 14.2. The van der Waals surface area contributed by atoms with E-state index in [0.29, 0.717) is 18.1 Å². The van der Waals surface area contributed by atoms with Crippen molar-refractivity contribution in [1.82, 2.24) is 9.47 Å². The summed E-state index contributed by atoms with van der Waals surface area (Å²) >= 11 is 5.98. The normalized spacial score (nSPS) is 13.8. The lowest BCUT2D eigenvalue weighted by atomic mass is 10.0. The summed E-state index contributed by atoms with van der Waals surface area (Å²) in [5, 5.41) is 4.78. The summed E-state index contributed by atoms with van der Waals surface area (Å²) in [6.45, 7) is 1.34. The maximum Gasteiger partial charge on any atom is 0.322 e. The minimum absolute atomic E-state index is 0.0872. The van der Waals surface area contributed by atoms with Crippen LogP contribution in [-0.2, 0) is 20.0 Å². The van der Waals surface area contributed by atoms with Crippen LogP contribution in [0.4, 0.5) is 10.5 Å². The largest absolute Gasteiger partial charge is 0.347 e. The summed E-state index contributed by atoms with van der Waals surface area (Å²) in [5.74, 6) is 0. The molecule has 0 fully saturated rings. The van der Waals surface area contributed by atoms with Gasteiger partial charge in [0.15, 0.2) is 0 Å². The fourth-order valence-electron chi connectivity index (χ4n) is 3.47. The second-order valence-electron chi connectivity index (χ2n) is 6.11. The average Bonchev–Trinajstić information content (AvgIpc) is 2.88. The molecule has 5 heteroatoms. The van der Waals surface area contributed by atoms with Gasteiger partial charge in [-0.05, 0) is 24.3 Å². The fraction of sp³-hybridized carbons (Fsp3) is 0.211. The Balaban J connectivity index is 1.60. The quantitative estimate of drug-likeness (QED) is 0.700. The monoisotopic (exact) mass is 339 g/mol. The summed E-state index contributed by atoms with van der Waals surface area (Å²) < 4.78 is 2.25. The molecular formula is C19H18ClN3O. The van der Waals surface area contributed by atoms with Gasteiger partial charge in [-0.1, -0.05) is 35.9 Å². The van der Waals surface area contributed by atoms with Crippen molar-refractivity contribution in [3.63, 3.8) is 0 Å². The first-order valence-electron chi connectivity index (χ1n) is 8.00. The topological polar surface area (TPSA) is 37.3 Å². The molecule has 2 amide bonds. The van der Waals surface area contributed by atoms with Crippen molar-refractivity contribution < 1.29 is 4.79 Å². The summed E-state index contributed by atoms with van der Waals surface area (Å²) in [6, 6.07) is 15.5. The Morgan fingerprint density at radius 2 is 2.00 bits per heavy atom. The molecule has 0 saturated heterocycles. The van der Waals surface area contributed by atoms with Crippen molar-refractivity contribution in [3.8, 4) is 0 Å². The van der Waals surface area contributed by atoms with Gasteiger partial charge in [-0.2, -0.15) is 0 Å². The molecule has 0 radical (unpaired) electrons. The summed E-state index contributed by atoms with van der Waals surface area (Å²) in [7, 11) is 2.10. The SMILES string of the molecule is Cn1c2c(c3ccccc31)CN(C(=O)Nc1cccc(Cl)c1)CC2. The van der Waals surface area contributed by atoms with Crippen LogP contribution >= 0.6 is 11.6 Å². The standard InChI is InChI=1S/C19H18ClN3O/c1-22-17-8-3-2-7-15(17)16-12-23(10-9-18(16)22)19(24)21-14-6-4-5-13(20)11-14/h2-8,11H,9-10,12H2,1H3,(H,21,24). The van der Waals surface area contributed by atoms with Gasteiger partial charge in [0.05, 0.1) is 0 Å². The van der Waals surface area contributed by atoms with E-state index in [2.05, 4.69) is 35.1 Å². The average molecular weight is 340 g/mol. The number of benzene rings is 2. The molecule has 0 unspecified atom stereocenters. The number of rotatable bonds is 1. The molecule has 1 aliphatic heterocycles. The highest BCUT2D eigenvalue weighted by molar-refractivity contribution is 6.30. The minimum Gasteiger partial charge on any atom is -0.347 e. The van der Waals surface area contributed by atoms with Gasteiger partial charge in [-0.15, -0.1) is 0 Å². The number of aryl methyl sites for hydroxylation is 1. The summed E-state index contributed by atoms with van der Waals surface area (Å²) in [4.78, 5) is 14.5. The van der Waals surface area contributed by atoms with E-state index in [1.165, 1.54) is 22.2 Å². The number of para-hydroxylation sites is 1. The van der Waals surface area contributed by atoms with E-state index < -0.39 is 0 Å². The Labute approximate surface area is 145 Å². The third-order valence-electron chi connectivity index (χ3n) is 4.67. The third kappa shape index (κ3) is 2.53. The van der Waals surface area contributed by atoms with Crippen LogP contribution in [0.5, 0.6) is 0 Å². The van der Waals surface area contributed by atoms with E-state index in [-0.39, 0.29) is 6.03 Å². The molecule has 0 spiro atoms. The molecule has 4 rings (SSSR count). The number of hydrogen-bond donors (Lipinski definition) is 1. The van der Waals surface area contributed by atoms with Crippen LogP contribution in [0.2, 0.25) is 5.02 Å². The molecule has 1 N–H and O–H groups in total. The van der Waals surface area contributed by atoms with E-state index in [1.54, 1.807) is 12.1 Å². The zero-order chi connectivity index (χ0) is 16.7. The highest BCUT2D eigenvalue weighted by Crippen LogP contribution is 2.30. The number of carbonyl (C=O) groups excluding carboxylic acids is 1. The van der Waals surface area contributed by atoms with Crippen LogP contribution < -0.4 is 5.32 Å². The van der Waals surface area contributed by atoms with Crippen molar-refractivity contribution >= 4 is 34.2 Å². The Morgan fingerprint density at radius 1 is 1.17 bits per heavy atom. The molecule has 122 valence electrons. The molecule has 24 heavy (non-hydrogen) atoms. The van der Waals surface area contributed by atoms with Crippen LogP contribution in [0.1, 0.15) is 11.3 Å². The minimum atomic E-state index is -0.0872. The smallest absolute Gasteiger partial charge is 0.322 e. The second-order valence-corrected chi connectivity index (χ2v) is 6.55. The maximum absolute atomic E-state index is 12.6. The number of anilines is 1. The van der Waals surface area contributed by atoms with Gasteiger partial charge >= 0.3 is 6.03 Å². The molecule has 0 saturated carbocycles. The van der Waals surface area contributed by atoms with Crippen molar-refractivity contribution in [1.29, 1.82) is 0 Å². The predicted molar refractivity (Wildman–Crippen MR) is 97.5 cm³/mol. The number of amides is 2. The number of urea groups is 1. The lowest BCUT2D eigenvalue weighted by molar-refractivity contribution is 0.206. The Hall–Kier alpha value is -2.46. The number of halogens is 1. The number of fused-ring (bicyclic) bond motifs is 3. The number of nitrogens with one attached hydrogen (secondary N) is 1. The highest BCUT2D eigenvalue weighted by atomic mass is 35.5. The molecule has 2 heterocycles. The first-order valence-corrected chi connectivity index (χ1v) is 8.38. The van der Waals surface area contributed by atoms with Crippen molar-refractivity contribution in [2.75, 3.05) is 11.9 Å². The first kappa shape index (κ1) is 15.1. The lowest BCUT2D eigenvalue weighted by Gasteiger charge is -2.28. The van der Waals surface area contributed by atoms with Gasteiger partial charge in [0.2, 0.25) is 0 Å². The number of hydrogen-bond acceptors (Lipinski definition) is 1. The van der Waals surface area contributed by atoms with Crippen LogP contribution in [0.25, 0.3) is 10.9 Å². The van der Waals surface area contributed by atoms with Crippen molar-refractivity contribution in [2.45, 2.75) is 13.0 Å². The van der Waals surface area contributed by atoms with E-state index in [0.717, 1.165) is 12.1 Å². The van der Waals surface area contributed by atoms with Crippen molar-refractivity contribution in [3.05, 3.63) is 64.8 Å². The van der Waals surface area contributed by atoms with Gasteiger partial charge in [0, 0.05) is 59.4 Å². The molecule has 0 aliphatic carbocycles. The lowest BCUT2D eigenvalue weighted by Crippen LogP contribution is -2.39. The summed E-state index contributed by atoms with van der Waals surface area (Å²) in [6.07, 6.45) is 0.865. The van der Waals surface area contributed by atoms with Crippen LogP contribution in [-0.4, -0.2) is 22.0 Å². The predicted octanol–water partition coefficient (Wildman–Crippen LogP) is 4.42. The number of nitrogens with zero attached hydrogens (tertiary/aromatic N) is 2. The van der Waals surface area contributed by atoms with Crippen LogP contribution in [0.15, 0.2) is 48.5 Å². The molecule has 2 aromatic carbocycles. The fourth-order valence-corrected chi connectivity index (χ4v) is 3.66. The van der Waals surface area contributed by atoms with E-state index >= 15 is 0 Å². The number of carbonyl (C=O) groups is 1. The van der Waals surface area contributed by atoms with Gasteiger partial charge in [0.25, 0.3) is 0 Å². The Kier molecular flexibility index (Phi) is 3.69. The van der Waals surface area contributed by atoms with Crippen LogP contribution in [0.3, 0.4) is 0 Å². The second kappa shape index (κ2) is 5.87. The molecule has 0 atom stereocenters. The van der Waals surface area contributed by atoms with E-state index in [4.69, 9.17) is 11.6 Å². The highest BCUT2D eigenvalue weighted by Gasteiger charge is 2.25. The molecule has 1 aliphatic rings. The van der Waals surface area contributed by atoms with Gasteiger partial charge in [0.1, 0.15) is 0 Å². The maximum atomic E-state index is 12.6. The molecular weight excluding hydrogens is 322 g/mol. The number of aromatic nitrogens is 1. The third-order valence-corrected chi connectivity index (χ3v) is 4.91. The van der Waals surface area contributed by atoms with E-state index in [1.807, 2.05) is 23.1 Å². The molecule has 4 nitrogen and oxygen atoms in total. The van der Waals surface area contributed by atoms with E-state index in [9.17, 15) is 4.79 Å². The van der Waals surface area contributed by atoms with Crippen molar-refractivity contribution in [2.24, 2.45) is 7.05 Å². The van der Waals surface area contributed by atoms with Crippen LogP contribution in [0, 0.1) is 0 Å².